The predicted molar refractivity (Wildman–Crippen MR) is 80.9 cm³/mol. The predicted octanol–water partition coefficient (Wildman–Crippen LogP) is 3.23. The number of nitrogens with one attached hydrogen (secondary N) is 1. The quantitative estimate of drug-likeness (QED) is 0.710. The zero-order valence-corrected chi connectivity index (χ0v) is 12.8. The molecule has 1 aliphatic rings. The first-order valence-corrected chi connectivity index (χ1v) is 8.23. The first-order valence-electron chi connectivity index (χ1n) is 8.23. The van der Waals surface area contributed by atoms with E-state index in [4.69, 9.17) is 5.73 Å². The smallest absolute Gasteiger partial charge is 0.223 e. The number of carbonyl (C=O) groups is 1. The molecule has 0 heterocycles. The Hall–Kier alpha value is -0.570. The Morgan fingerprint density at radius 3 is 2.47 bits per heavy atom. The molecule has 0 bridgehead atoms. The van der Waals surface area contributed by atoms with Crippen molar-refractivity contribution >= 4 is 5.91 Å². The number of carbonyl (C=O) groups excluding carboxylic acids is 1. The van der Waals surface area contributed by atoms with Crippen LogP contribution in [0.2, 0.25) is 0 Å². The average molecular weight is 268 g/mol. The van der Waals surface area contributed by atoms with Crippen LogP contribution in [0.3, 0.4) is 0 Å². The van der Waals surface area contributed by atoms with E-state index in [1.54, 1.807) is 0 Å². The molecule has 112 valence electrons. The Balaban J connectivity index is 2.45. The highest BCUT2D eigenvalue weighted by atomic mass is 16.1. The lowest BCUT2D eigenvalue weighted by atomic mass is 9.83. The molecule has 3 nitrogen and oxygen atoms in total. The summed E-state index contributed by atoms with van der Waals surface area (Å²) in [5.74, 6) is 1.01. The van der Waals surface area contributed by atoms with E-state index in [-0.39, 0.29) is 17.9 Å². The fourth-order valence-corrected chi connectivity index (χ4v) is 3.18. The third-order valence-electron chi connectivity index (χ3n) is 4.57. The monoisotopic (exact) mass is 268 g/mol. The molecule has 1 aliphatic carbocycles. The maximum atomic E-state index is 12.3. The second-order valence-electron chi connectivity index (χ2n) is 6.00. The van der Waals surface area contributed by atoms with Crippen molar-refractivity contribution in [1.29, 1.82) is 0 Å². The van der Waals surface area contributed by atoms with Crippen LogP contribution in [0.1, 0.15) is 71.6 Å². The lowest BCUT2D eigenvalue weighted by Gasteiger charge is -2.31. The van der Waals surface area contributed by atoms with Crippen LogP contribution in [0.15, 0.2) is 0 Å². The molecule has 0 saturated heterocycles. The van der Waals surface area contributed by atoms with Crippen molar-refractivity contribution in [2.24, 2.45) is 17.6 Å². The van der Waals surface area contributed by atoms with Crippen LogP contribution >= 0.6 is 0 Å². The molecule has 0 aromatic rings. The fourth-order valence-electron chi connectivity index (χ4n) is 3.18. The third-order valence-corrected chi connectivity index (χ3v) is 4.57. The van der Waals surface area contributed by atoms with Gasteiger partial charge in [-0.2, -0.15) is 0 Å². The SMILES string of the molecule is CCCCC(CC)C(=O)NC(CN)C1CCCCC1. The van der Waals surface area contributed by atoms with Gasteiger partial charge in [-0.15, -0.1) is 0 Å². The van der Waals surface area contributed by atoms with Crippen molar-refractivity contribution in [3.63, 3.8) is 0 Å². The molecule has 0 aliphatic heterocycles. The van der Waals surface area contributed by atoms with Gasteiger partial charge in [0, 0.05) is 18.5 Å². The minimum absolute atomic E-state index is 0.178. The number of amides is 1. The van der Waals surface area contributed by atoms with Crippen LogP contribution in [0, 0.1) is 11.8 Å². The summed E-state index contributed by atoms with van der Waals surface area (Å²) in [6, 6.07) is 0.198. The topological polar surface area (TPSA) is 55.1 Å². The standard InChI is InChI=1S/C16H32N2O/c1-3-5-9-13(4-2)16(19)18-15(12-17)14-10-7-6-8-11-14/h13-15H,3-12,17H2,1-2H3,(H,18,19). The van der Waals surface area contributed by atoms with Crippen molar-refractivity contribution in [2.45, 2.75) is 77.7 Å². The number of nitrogens with two attached hydrogens (primary N) is 1. The van der Waals surface area contributed by atoms with Gasteiger partial charge in [-0.25, -0.2) is 0 Å². The first kappa shape index (κ1) is 16.5. The zero-order valence-electron chi connectivity index (χ0n) is 12.8. The summed E-state index contributed by atoms with van der Waals surface area (Å²) in [6.45, 7) is 4.87. The van der Waals surface area contributed by atoms with Gasteiger partial charge in [0.25, 0.3) is 0 Å². The molecule has 0 spiro atoms. The van der Waals surface area contributed by atoms with Crippen LogP contribution in [0.4, 0.5) is 0 Å². The molecule has 1 saturated carbocycles. The van der Waals surface area contributed by atoms with E-state index in [0.29, 0.717) is 12.5 Å². The molecule has 3 N–H and O–H groups in total. The van der Waals surface area contributed by atoms with Crippen LogP contribution < -0.4 is 11.1 Å². The lowest BCUT2D eigenvalue weighted by molar-refractivity contribution is -0.126. The Kier molecular flexibility index (Phi) is 8.11. The van der Waals surface area contributed by atoms with Crippen LogP contribution in [-0.2, 0) is 4.79 Å². The van der Waals surface area contributed by atoms with Gasteiger partial charge in [-0.3, -0.25) is 4.79 Å². The molecular weight excluding hydrogens is 236 g/mol. The largest absolute Gasteiger partial charge is 0.352 e. The van der Waals surface area contributed by atoms with Crippen molar-refractivity contribution in [3.8, 4) is 0 Å². The zero-order chi connectivity index (χ0) is 14.1. The van der Waals surface area contributed by atoms with E-state index >= 15 is 0 Å². The van der Waals surface area contributed by atoms with Gasteiger partial charge in [0.05, 0.1) is 0 Å². The first-order chi connectivity index (χ1) is 9.22. The Morgan fingerprint density at radius 1 is 1.26 bits per heavy atom. The van der Waals surface area contributed by atoms with E-state index in [9.17, 15) is 4.79 Å². The molecule has 1 amide bonds. The highest BCUT2D eigenvalue weighted by Gasteiger charge is 2.26. The number of rotatable bonds is 8. The van der Waals surface area contributed by atoms with Gasteiger partial charge >= 0.3 is 0 Å². The maximum absolute atomic E-state index is 12.3. The average Bonchev–Trinajstić information content (AvgIpc) is 2.46. The fraction of sp³-hybridized carbons (Fsp3) is 0.938. The van der Waals surface area contributed by atoms with Gasteiger partial charge < -0.3 is 11.1 Å². The van der Waals surface area contributed by atoms with Gasteiger partial charge in [-0.05, 0) is 31.6 Å². The summed E-state index contributed by atoms with van der Waals surface area (Å²) < 4.78 is 0. The summed E-state index contributed by atoms with van der Waals surface area (Å²) >= 11 is 0. The van der Waals surface area contributed by atoms with Crippen molar-refractivity contribution in [3.05, 3.63) is 0 Å². The molecule has 2 atom stereocenters. The van der Waals surface area contributed by atoms with Gasteiger partial charge in [0.1, 0.15) is 0 Å². The van der Waals surface area contributed by atoms with E-state index < -0.39 is 0 Å². The molecule has 0 aromatic carbocycles. The molecular formula is C16H32N2O. The third kappa shape index (κ3) is 5.52. The summed E-state index contributed by atoms with van der Waals surface area (Å²) in [7, 11) is 0. The Labute approximate surface area is 118 Å². The Morgan fingerprint density at radius 2 is 1.95 bits per heavy atom. The maximum Gasteiger partial charge on any atom is 0.223 e. The van der Waals surface area contributed by atoms with Crippen molar-refractivity contribution < 1.29 is 4.79 Å². The molecule has 1 rings (SSSR count). The molecule has 2 unspecified atom stereocenters. The molecule has 19 heavy (non-hydrogen) atoms. The van der Waals surface area contributed by atoms with Gasteiger partial charge in [0.15, 0.2) is 0 Å². The van der Waals surface area contributed by atoms with Crippen LogP contribution in [0.25, 0.3) is 0 Å². The normalized spacial score (nSPS) is 19.9. The highest BCUT2D eigenvalue weighted by Crippen LogP contribution is 2.26. The van der Waals surface area contributed by atoms with E-state index in [1.807, 2.05) is 0 Å². The van der Waals surface area contributed by atoms with Crippen molar-refractivity contribution in [1.82, 2.24) is 5.32 Å². The number of hydrogen-bond donors (Lipinski definition) is 2. The van der Waals surface area contributed by atoms with E-state index in [0.717, 1.165) is 25.7 Å². The Bertz CT molecular complexity index is 249. The lowest BCUT2D eigenvalue weighted by Crippen LogP contribution is -2.47. The summed E-state index contributed by atoms with van der Waals surface area (Å²) in [6.07, 6.45) is 10.6. The van der Waals surface area contributed by atoms with E-state index in [1.165, 1.54) is 32.1 Å². The summed E-state index contributed by atoms with van der Waals surface area (Å²) in [5, 5.41) is 3.23. The summed E-state index contributed by atoms with van der Waals surface area (Å²) in [4.78, 5) is 12.3. The van der Waals surface area contributed by atoms with E-state index in [2.05, 4.69) is 19.2 Å². The number of hydrogen-bond acceptors (Lipinski definition) is 2. The molecule has 3 heteroatoms. The molecule has 1 fully saturated rings. The minimum atomic E-state index is 0.178. The minimum Gasteiger partial charge on any atom is -0.352 e. The van der Waals surface area contributed by atoms with Crippen molar-refractivity contribution in [2.75, 3.05) is 6.54 Å². The summed E-state index contributed by atoms with van der Waals surface area (Å²) in [5.41, 5.74) is 5.88. The van der Waals surface area contributed by atoms with Gasteiger partial charge in [0.2, 0.25) is 5.91 Å². The number of unbranched alkanes of at least 4 members (excludes halogenated alkanes) is 1. The molecule has 0 aromatic heterocycles. The van der Waals surface area contributed by atoms with Crippen LogP contribution in [0.5, 0.6) is 0 Å². The van der Waals surface area contributed by atoms with Crippen LogP contribution in [-0.4, -0.2) is 18.5 Å². The highest BCUT2D eigenvalue weighted by molar-refractivity contribution is 5.78. The second-order valence-corrected chi connectivity index (χ2v) is 6.00. The molecule has 0 radical (unpaired) electrons. The van der Waals surface area contributed by atoms with Gasteiger partial charge in [-0.1, -0.05) is 46.0 Å². The second kappa shape index (κ2) is 9.35.